The van der Waals surface area contributed by atoms with Crippen molar-refractivity contribution in [2.75, 3.05) is 20.3 Å². The van der Waals surface area contributed by atoms with Crippen LogP contribution in [0, 0.1) is 18.8 Å². The summed E-state index contributed by atoms with van der Waals surface area (Å²) in [6, 6.07) is 6.33. The van der Waals surface area contributed by atoms with Gasteiger partial charge in [0.05, 0.1) is 18.6 Å². The van der Waals surface area contributed by atoms with Gasteiger partial charge in [0.2, 0.25) is 10.0 Å². The third-order valence-electron chi connectivity index (χ3n) is 4.34. The Bertz CT molecular complexity index is 825. The van der Waals surface area contributed by atoms with E-state index in [1.807, 2.05) is 6.92 Å². The van der Waals surface area contributed by atoms with Crippen LogP contribution in [0.1, 0.15) is 31.2 Å². The van der Waals surface area contributed by atoms with E-state index in [1.165, 1.54) is 11.4 Å². The molecule has 1 aromatic rings. The molecule has 7 nitrogen and oxygen atoms in total. The van der Waals surface area contributed by atoms with Gasteiger partial charge in [0.25, 0.3) is 0 Å². The van der Waals surface area contributed by atoms with Gasteiger partial charge in [-0.1, -0.05) is 29.5 Å². The molecule has 0 atom stereocenters. The number of carbonyl (C=O) groups is 2. The predicted octanol–water partition coefficient (Wildman–Crippen LogP) is 2.28. The van der Waals surface area contributed by atoms with Crippen molar-refractivity contribution in [3.05, 3.63) is 29.8 Å². The minimum Gasteiger partial charge on any atom is -0.438 e. The molecule has 1 aliphatic rings. The van der Waals surface area contributed by atoms with E-state index in [0.717, 1.165) is 5.56 Å². The summed E-state index contributed by atoms with van der Waals surface area (Å²) in [5.41, 5.74) is 0.962. The molecule has 0 radical (unpaired) electrons. The average Bonchev–Trinajstić information content (AvgIpc) is 2.65. The largest absolute Gasteiger partial charge is 0.508 e. The molecule has 27 heavy (non-hydrogen) atoms. The first kappa shape index (κ1) is 20.9. The summed E-state index contributed by atoms with van der Waals surface area (Å²) < 4.78 is 36.6. The van der Waals surface area contributed by atoms with E-state index in [9.17, 15) is 18.0 Å². The van der Waals surface area contributed by atoms with Crippen molar-refractivity contribution in [1.82, 2.24) is 4.31 Å². The van der Waals surface area contributed by atoms with Crippen LogP contribution in [0.2, 0.25) is 0 Å². The summed E-state index contributed by atoms with van der Waals surface area (Å²) in [5, 5.41) is 0. The summed E-state index contributed by atoms with van der Waals surface area (Å²) >= 11 is 0. The number of hydrogen-bond acceptors (Lipinski definition) is 6. The molecule has 0 heterocycles. The van der Waals surface area contributed by atoms with Gasteiger partial charge < -0.3 is 9.47 Å². The van der Waals surface area contributed by atoms with Gasteiger partial charge in [-0.05, 0) is 31.9 Å². The zero-order valence-electron chi connectivity index (χ0n) is 15.4. The van der Waals surface area contributed by atoms with Gasteiger partial charge in [-0.25, -0.2) is 13.2 Å². The molecular formula is C19H23NO6S. The Morgan fingerprint density at radius 2 is 1.81 bits per heavy atom. The van der Waals surface area contributed by atoms with Gasteiger partial charge in [0, 0.05) is 18.9 Å². The number of rotatable bonds is 5. The second-order valence-corrected chi connectivity index (χ2v) is 8.12. The quantitative estimate of drug-likeness (QED) is 0.563. The van der Waals surface area contributed by atoms with Crippen LogP contribution >= 0.6 is 0 Å². The van der Waals surface area contributed by atoms with Gasteiger partial charge in [0.15, 0.2) is 6.61 Å². The summed E-state index contributed by atoms with van der Waals surface area (Å²) in [6.07, 6.45) is 0.834. The van der Waals surface area contributed by atoms with Crippen LogP contribution in [0.4, 0.5) is 4.79 Å². The number of ketones is 1. The SMILES string of the molecule is COC(=O)OCC#CCN(C1CCC(=O)CC1)S(=O)(=O)c1ccc(C)cc1. The third kappa shape index (κ3) is 5.81. The summed E-state index contributed by atoms with van der Waals surface area (Å²) in [7, 11) is -2.57. The molecule has 0 saturated heterocycles. The number of ether oxygens (including phenoxy) is 2. The predicted molar refractivity (Wildman–Crippen MR) is 98.5 cm³/mol. The normalized spacial score (nSPS) is 15.1. The van der Waals surface area contributed by atoms with Crippen LogP contribution in [0.15, 0.2) is 29.2 Å². The number of sulfonamides is 1. The number of hydrogen-bond donors (Lipinski definition) is 0. The third-order valence-corrected chi connectivity index (χ3v) is 6.25. The maximum Gasteiger partial charge on any atom is 0.508 e. The Kier molecular flexibility index (Phi) is 7.39. The zero-order valence-corrected chi connectivity index (χ0v) is 16.3. The fraction of sp³-hybridized carbons (Fsp3) is 0.474. The van der Waals surface area contributed by atoms with E-state index in [4.69, 9.17) is 0 Å². The van der Waals surface area contributed by atoms with E-state index in [1.54, 1.807) is 24.3 Å². The molecular weight excluding hydrogens is 370 g/mol. The number of nitrogens with zero attached hydrogens (tertiary/aromatic N) is 1. The van der Waals surface area contributed by atoms with Gasteiger partial charge in [-0.15, -0.1) is 0 Å². The van der Waals surface area contributed by atoms with Crippen molar-refractivity contribution in [3.63, 3.8) is 0 Å². The van der Waals surface area contributed by atoms with Gasteiger partial charge in [-0.2, -0.15) is 4.31 Å². The molecule has 1 saturated carbocycles. The van der Waals surface area contributed by atoms with E-state index < -0.39 is 16.2 Å². The highest BCUT2D eigenvalue weighted by Gasteiger charge is 2.33. The Hall–Kier alpha value is -2.37. The molecule has 1 fully saturated rings. The van der Waals surface area contributed by atoms with E-state index in [0.29, 0.717) is 25.7 Å². The highest BCUT2D eigenvalue weighted by molar-refractivity contribution is 7.89. The standard InChI is InChI=1S/C19H23NO6S/c1-15-5-11-18(12-6-15)27(23,24)20(16-7-9-17(21)10-8-16)13-3-4-14-26-19(22)25-2/h5-6,11-12,16H,7-10,13-14H2,1-2H3. The van der Waals surface area contributed by atoms with Crippen molar-refractivity contribution in [3.8, 4) is 11.8 Å². The van der Waals surface area contributed by atoms with Crippen molar-refractivity contribution in [2.24, 2.45) is 0 Å². The number of methoxy groups -OCH3 is 1. The highest BCUT2D eigenvalue weighted by atomic mass is 32.2. The lowest BCUT2D eigenvalue weighted by molar-refractivity contribution is -0.120. The molecule has 0 spiro atoms. The molecule has 8 heteroatoms. The molecule has 1 aliphatic carbocycles. The fourth-order valence-electron chi connectivity index (χ4n) is 2.81. The number of aryl methyl sites for hydroxylation is 1. The first-order valence-corrected chi connectivity index (χ1v) is 10.1. The molecule has 0 amide bonds. The van der Waals surface area contributed by atoms with Gasteiger partial charge in [-0.3, -0.25) is 4.79 Å². The highest BCUT2D eigenvalue weighted by Crippen LogP contribution is 2.26. The lowest BCUT2D eigenvalue weighted by Gasteiger charge is -2.31. The molecule has 0 aliphatic heterocycles. The van der Waals surface area contributed by atoms with Crippen LogP contribution in [0.3, 0.4) is 0 Å². The molecule has 2 rings (SSSR count). The van der Waals surface area contributed by atoms with Crippen LogP contribution in [0.5, 0.6) is 0 Å². The van der Waals surface area contributed by atoms with Gasteiger partial charge in [0.1, 0.15) is 5.78 Å². The molecule has 0 N–H and O–H groups in total. The zero-order chi connectivity index (χ0) is 19.9. The van der Waals surface area contributed by atoms with E-state index in [2.05, 4.69) is 21.3 Å². The lowest BCUT2D eigenvalue weighted by Crippen LogP contribution is -2.42. The Morgan fingerprint density at radius 3 is 2.41 bits per heavy atom. The number of Topliss-reactive ketones (excluding diaryl/α,β-unsaturated/α-hetero) is 1. The first-order chi connectivity index (χ1) is 12.8. The average molecular weight is 393 g/mol. The maximum absolute atomic E-state index is 13.1. The van der Waals surface area contributed by atoms with Crippen molar-refractivity contribution in [1.29, 1.82) is 0 Å². The van der Waals surface area contributed by atoms with Crippen molar-refractivity contribution < 1.29 is 27.5 Å². The van der Waals surface area contributed by atoms with Crippen LogP contribution in [-0.4, -0.2) is 51.0 Å². The second kappa shape index (κ2) is 9.53. The smallest absolute Gasteiger partial charge is 0.438 e. The summed E-state index contributed by atoms with van der Waals surface area (Å²) in [6.45, 7) is 1.65. The Morgan fingerprint density at radius 1 is 1.19 bits per heavy atom. The van der Waals surface area contributed by atoms with Crippen molar-refractivity contribution >= 4 is 22.0 Å². The Labute approximate surface area is 159 Å². The number of benzene rings is 1. The topological polar surface area (TPSA) is 90.0 Å². The lowest BCUT2D eigenvalue weighted by atomic mass is 9.94. The summed E-state index contributed by atoms with van der Waals surface area (Å²) in [4.78, 5) is 22.6. The van der Waals surface area contributed by atoms with E-state index in [-0.39, 0.29) is 29.9 Å². The van der Waals surface area contributed by atoms with Crippen molar-refractivity contribution in [2.45, 2.75) is 43.5 Å². The van der Waals surface area contributed by atoms with Crippen LogP contribution in [-0.2, 0) is 24.3 Å². The first-order valence-electron chi connectivity index (χ1n) is 8.61. The minimum absolute atomic E-state index is 0.0421. The fourth-order valence-corrected chi connectivity index (χ4v) is 4.40. The second-order valence-electron chi connectivity index (χ2n) is 6.23. The van der Waals surface area contributed by atoms with Gasteiger partial charge >= 0.3 is 6.16 Å². The van der Waals surface area contributed by atoms with Crippen LogP contribution in [0.25, 0.3) is 0 Å². The Balaban J connectivity index is 2.19. The monoisotopic (exact) mass is 393 g/mol. The molecule has 0 unspecified atom stereocenters. The molecule has 0 aromatic heterocycles. The maximum atomic E-state index is 13.1. The molecule has 1 aromatic carbocycles. The van der Waals surface area contributed by atoms with E-state index >= 15 is 0 Å². The molecule has 146 valence electrons. The number of carbonyl (C=O) groups excluding carboxylic acids is 2. The van der Waals surface area contributed by atoms with Crippen LogP contribution < -0.4 is 0 Å². The minimum atomic E-state index is -3.76. The summed E-state index contributed by atoms with van der Waals surface area (Å²) in [5.74, 6) is 5.50. The molecule has 0 bridgehead atoms.